The van der Waals surface area contributed by atoms with Crippen LogP contribution in [0.15, 0.2) is 42.7 Å². The largest absolute Gasteiger partial charge is 0.452 e. The zero-order valence-corrected chi connectivity index (χ0v) is 17.4. The van der Waals surface area contributed by atoms with E-state index in [1.807, 2.05) is 37.3 Å². The number of aryl methyl sites for hydroxylation is 1. The van der Waals surface area contributed by atoms with E-state index in [1.54, 1.807) is 12.4 Å². The van der Waals surface area contributed by atoms with Gasteiger partial charge in [-0.25, -0.2) is 14.8 Å². The first kappa shape index (κ1) is 22.1. The molecule has 1 aromatic heterocycles. The summed E-state index contributed by atoms with van der Waals surface area (Å²) >= 11 is 0. The Bertz CT molecular complexity index is 671. The van der Waals surface area contributed by atoms with Crippen molar-refractivity contribution in [1.29, 1.82) is 0 Å². The summed E-state index contributed by atoms with van der Waals surface area (Å²) in [5, 5.41) is 0. The lowest BCUT2D eigenvalue weighted by Gasteiger charge is -2.15. The number of benzene rings is 1. The highest BCUT2D eigenvalue weighted by Crippen LogP contribution is 2.21. The van der Waals surface area contributed by atoms with Gasteiger partial charge in [-0.2, -0.15) is 0 Å². The second-order valence-corrected chi connectivity index (χ2v) is 7.35. The number of carbonyl (C=O) groups excluding carboxylic acids is 1. The Hall–Kier alpha value is -2.23. The summed E-state index contributed by atoms with van der Waals surface area (Å²) in [6.45, 7) is 4.25. The summed E-state index contributed by atoms with van der Waals surface area (Å²) in [4.78, 5) is 20.8. The molecule has 0 saturated carbocycles. The van der Waals surface area contributed by atoms with Crippen molar-refractivity contribution < 1.29 is 9.53 Å². The van der Waals surface area contributed by atoms with Gasteiger partial charge in [-0.15, -0.1) is 0 Å². The second-order valence-electron chi connectivity index (χ2n) is 7.35. The molecule has 4 heteroatoms. The van der Waals surface area contributed by atoms with Crippen LogP contribution in [0.3, 0.4) is 0 Å². The number of hydrogen-bond donors (Lipinski definition) is 0. The molecular formula is C24H34N2O2. The van der Waals surface area contributed by atoms with Gasteiger partial charge >= 0.3 is 5.97 Å². The fraction of sp³-hybridized carbons (Fsp3) is 0.542. The van der Waals surface area contributed by atoms with Crippen LogP contribution in [0.5, 0.6) is 0 Å². The van der Waals surface area contributed by atoms with Gasteiger partial charge in [0.25, 0.3) is 0 Å². The summed E-state index contributed by atoms with van der Waals surface area (Å²) in [5.41, 5.74) is 2.07. The van der Waals surface area contributed by atoms with Crippen LogP contribution < -0.4 is 0 Å². The molecule has 0 spiro atoms. The zero-order valence-electron chi connectivity index (χ0n) is 17.4. The van der Waals surface area contributed by atoms with Gasteiger partial charge in [0.2, 0.25) is 5.82 Å². The number of hydrogen-bond acceptors (Lipinski definition) is 4. The molecule has 0 aliphatic carbocycles. The Labute approximate surface area is 169 Å². The molecule has 0 N–H and O–H groups in total. The molecule has 0 aliphatic rings. The zero-order chi connectivity index (χ0) is 20.0. The number of carbonyl (C=O) groups is 1. The smallest absolute Gasteiger partial charge is 0.376 e. The van der Waals surface area contributed by atoms with Gasteiger partial charge in [0.1, 0.15) is 6.10 Å². The first-order valence-corrected chi connectivity index (χ1v) is 10.8. The molecule has 4 nitrogen and oxygen atoms in total. The first-order chi connectivity index (χ1) is 13.7. The maximum absolute atomic E-state index is 12.4. The summed E-state index contributed by atoms with van der Waals surface area (Å²) in [5.74, 6) is -0.330. The van der Waals surface area contributed by atoms with E-state index in [4.69, 9.17) is 4.74 Å². The van der Waals surface area contributed by atoms with E-state index in [-0.39, 0.29) is 11.9 Å². The van der Waals surface area contributed by atoms with E-state index in [9.17, 15) is 4.79 Å². The van der Waals surface area contributed by atoms with Crippen LogP contribution in [-0.4, -0.2) is 15.9 Å². The van der Waals surface area contributed by atoms with Gasteiger partial charge < -0.3 is 4.74 Å². The number of nitrogens with zero attached hydrogens (tertiary/aromatic N) is 2. The molecule has 0 fully saturated rings. The third-order valence-corrected chi connectivity index (χ3v) is 5.00. The van der Waals surface area contributed by atoms with Crippen LogP contribution in [0.1, 0.15) is 99.5 Å². The molecule has 1 aromatic carbocycles. The maximum Gasteiger partial charge on any atom is 0.376 e. The van der Waals surface area contributed by atoms with E-state index in [1.165, 1.54) is 44.9 Å². The predicted molar refractivity (Wildman–Crippen MR) is 113 cm³/mol. The van der Waals surface area contributed by atoms with Crippen molar-refractivity contribution in [2.45, 2.75) is 84.2 Å². The predicted octanol–water partition coefficient (Wildman–Crippen LogP) is 6.47. The molecule has 0 radical (unpaired) electrons. The normalized spacial score (nSPS) is 11.9. The van der Waals surface area contributed by atoms with E-state index in [2.05, 4.69) is 16.9 Å². The molecule has 1 heterocycles. The monoisotopic (exact) mass is 382 g/mol. The van der Waals surface area contributed by atoms with Gasteiger partial charge in [0.05, 0.1) is 0 Å². The molecule has 0 saturated heterocycles. The minimum atomic E-state index is -0.464. The lowest BCUT2D eigenvalue weighted by molar-refractivity contribution is 0.0273. The standard InChI is InChI=1S/C24H34N2O2/c1-3-5-6-7-8-9-10-12-15-20-18-25-23(26-19-20)24(27)28-22(4-2)21-16-13-11-14-17-21/h11,13-14,16-19,22H,3-10,12,15H2,1-2H3. The molecule has 2 aromatic rings. The SMILES string of the molecule is CCCCCCCCCCc1cnc(C(=O)OC(CC)c2ccccc2)nc1. The average Bonchev–Trinajstić information content (AvgIpc) is 2.74. The fourth-order valence-corrected chi connectivity index (χ4v) is 3.29. The van der Waals surface area contributed by atoms with E-state index < -0.39 is 5.97 Å². The van der Waals surface area contributed by atoms with Crippen LogP contribution >= 0.6 is 0 Å². The third kappa shape index (κ3) is 7.79. The Morgan fingerprint density at radius 1 is 0.893 bits per heavy atom. The highest BCUT2D eigenvalue weighted by Gasteiger charge is 2.18. The summed E-state index contributed by atoms with van der Waals surface area (Å²) in [6.07, 6.45) is 15.3. The van der Waals surface area contributed by atoms with Crippen molar-refractivity contribution in [2.24, 2.45) is 0 Å². The lowest BCUT2D eigenvalue weighted by Crippen LogP contribution is -2.14. The minimum absolute atomic E-state index is 0.133. The number of esters is 1. The Morgan fingerprint density at radius 3 is 2.11 bits per heavy atom. The summed E-state index contributed by atoms with van der Waals surface area (Å²) < 4.78 is 5.60. The van der Waals surface area contributed by atoms with Crippen molar-refractivity contribution in [3.8, 4) is 0 Å². The molecular weight excluding hydrogens is 348 g/mol. The molecule has 2 rings (SSSR count). The number of ether oxygens (including phenoxy) is 1. The first-order valence-electron chi connectivity index (χ1n) is 10.8. The van der Waals surface area contributed by atoms with Crippen LogP contribution in [-0.2, 0) is 11.2 Å². The van der Waals surface area contributed by atoms with Crippen LogP contribution in [0.2, 0.25) is 0 Å². The molecule has 1 atom stereocenters. The highest BCUT2D eigenvalue weighted by atomic mass is 16.5. The van der Waals surface area contributed by atoms with Gasteiger partial charge in [-0.3, -0.25) is 0 Å². The van der Waals surface area contributed by atoms with Crippen molar-refractivity contribution in [3.05, 3.63) is 59.7 Å². The Kier molecular flexibility index (Phi) is 10.3. The van der Waals surface area contributed by atoms with Gasteiger partial charge in [0.15, 0.2) is 0 Å². The number of unbranched alkanes of at least 4 members (excludes halogenated alkanes) is 7. The molecule has 0 amide bonds. The molecule has 1 unspecified atom stereocenters. The quantitative estimate of drug-likeness (QED) is 0.294. The van der Waals surface area contributed by atoms with Crippen molar-refractivity contribution in [3.63, 3.8) is 0 Å². The van der Waals surface area contributed by atoms with Crippen LogP contribution in [0.4, 0.5) is 0 Å². The van der Waals surface area contributed by atoms with Crippen LogP contribution in [0.25, 0.3) is 0 Å². The summed E-state index contributed by atoms with van der Waals surface area (Å²) in [7, 11) is 0. The second kappa shape index (κ2) is 13.0. The van der Waals surface area contributed by atoms with Gasteiger partial charge in [-0.1, -0.05) is 89.1 Å². The van der Waals surface area contributed by atoms with Gasteiger partial charge in [0, 0.05) is 12.4 Å². The van der Waals surface area contributed by atoms with E-state index in [0.717, 1.165) is 24.0 Å². The number of aromatic nitrogens is 2. The topological polar surface area (TPSA) is 52.1 Å². The lowest BCUT2D eigenvalue weighted by atomic mass is 10.1. The van der Waals surface area contributed by atoms with Crippen molar-refractivity contribution >= 4 is 5.97 Å². The van der Waals surface area contributed by atoms with E-state index in [0.29, 0.717) is 6.42 Å². The molecule has 0 bridgehead atoms. The van der Waals surface area contributed by atoms with Gasteiger partial charge in [-0.05, 0) is 30.4 Å². The maximum atomic E-state index is 12.4. The minimum Gasteiger partial charge on any atom is -0.452 e. The Morgan fingerprint density at radius 2 is 1.50 bits per heavy atom. The molecule has 0 aliphatic heterocycles. The summed E-state index contributed by atoms with van der Waals surface area (Å²) in [6, 6.07) is 9.78. The van der Waals surface area contributed by atoms with Crippen LogP contribution in [0, 0.1) is 0 Å². The van der Waals surface area contributed by atoms with Crippen molar-refractivity contribution in [1.82, 2.24) is 9.97 Å². The molecule has 152 valence electrons. The average molecular weight is 383 g/mol. The third-order valence-electron chi connectivity index (χ3n) is 5.00. The Balaban J connectivity index is 1.73. The van der Waals surface area contributed by atoms with Crippen molar-refractivity contribution in [2.75, 3.05) is 0 Å². The van der Waals surface area contributed by atoms with E-state index >= 15 is 0 Å². The fourth-order valence-electron chi connectivity index (χ4n) is 3.29. The molecule has 28 heavy (non-hydrogen) atoms. The highest BCUT2D eigenvalue weighted by molar-refractivity contribution is 5.85. The number of rotatable bonds is 13.